The molecule has 2 aliphatic heterocycles. The number of anilines is 1. The van der Waals surface area contributed by atoms with Crippen molar-refractivity contribution in [2.45, 2.75) is 45.4 Å². The lowest BCUT2D eigenvalue weighted by atomic mass is 9.55. The molecule has 3 fully saturated rings. The van der Waals surface area contributed by atoms with E-state index in [9.17, 15) is 0 Å². The molecule has 1 N–H and O–H groups in total. The quantitative estimate of drug-likeness (QED) is 0.920. The van der Waals surface area contributed by atoms with Crippen molar-refractivity contribution in [2.24, 2.45) is 11.3 Å². The molecule has 3 atom stereocenters. The van der Waals surface area contributed by atoms with Crippen LogP contribution in [0.3, 0.4) is 0 Å². The van der Waals surface area contributed by atoms with Gasteiger partial charge < -0.3 is 19.7 Å². The van der Waals surface area contributed by atoms with Gasteiger partial charge in [-0.2, -0.15) is 0 Å². The van der Waals surface area contributed by atoms with E-state index in [0.29, 0.717) is 18.1 Å². The van der Waals surface area contributed by atoms with Gasteiger partial charge >= 0.3 is 0 Å². The standard InChI is InChI=1S/C20H30N2O2/c1-20(2)18(16-7-5-11-24-19(16)20)21-14-15-6-3-4-8-17(15)22-9-12-23-13-10-22/h3-4,6,8,16,18-19,21H,5,7,9-14H2,1-2H3. The van der Waals surface area contributed by atoms with Gasteiger partial charge in [0.15, 0.2) is 0 Å². The number of nitrogens with one attached hydrogen (secondary N) is 1. The molecule has 0 aromatic heterocycles. The summed E-state index contributed by atoms with van der Waals surface area (Å²) in [6.07, 6.45) is 2.95. The van der Waals surface area contributed by atoms with Gasteiger partial charge in [-0.15, -0.1) is 0 Å². The summed E-state index contributed by atoms with van der Waals surface area (Å²) < 4.78 is 11.5. The second kappa shape index (κ2) is 6.66. The van der Waals surface area contributed by atoms with Gasteiger partial charge in [-0.05, 0) is 24.5 Å². The summed E-state index contributed by atoms with van der Waals surface area (Å²) in [5, 5.41) is 3.87. The third kappa shape index (κ3) is 2.85. The number of benzene rings is 1. The summed E-state index contributed by atoms with van der Waals surface area (Å²) in [6, 6.07) is 9.37. The van der Waals surface area contributed by atoms with Gasteiger partial charge in [-0.25, -0.2) is 0 Å². The largest absolute Gasteiger partial charge is 0.378 e. The third-order valence-corrected chi connectivity index (χ3v) is 6.19. The van der Waals surface area contributed by atoms with Crippen LogP contribution in [0.2, 0.25) is 0 Å². The van der Waals surface area contributed by atoms with E-state index in [4.69, 9.17) is 9.47 Å². The Bertz CT molecular complexity index is 569. The van der Waals surface area contributed by atoms with Crippen molar-refractivity contribution in [3.05, 3.63) is 29.8 Å². The van der Waals surface area contributed by atoms with Crippen molar-refractivity contribution in [1.29, 1.82) is 0 Å². The van der Waals surface area contributed by atoms with Crippen LogP contribution in [0.1, 0.15) is 32.3 Å². The van der Waals surface area contributed by atoms with E-state index in [1.165, 1.54) is 24.1 Å². The number of nitrogens with zero attached hydrogens (tertiary/aromatic N) is 1. The van der Waals surface area contributed by atoms with Gasteiger partial charge in [0, 0.05) is 49.3 Å². The minimum atomic E-state index is 0.235. The SMILES string of the molecule is CC1(C)C(NCc2ccccc2N2CCOCC2)C2CCCOC21. The van der Waals surface area contributed by atoms with Gasteiger partial charge in [0.1, 0.15) is 0 Å². The van der Waals surface area contributed by atoms with E-state index in [1.807, 2.05) is 0 Å². The van der Waals surface area contributed by atoms with Crippen LogP contribution in [0.5, 0.6) is 0 Å². The average Bonchev–Trinajstić information content (AvgIpc) is 2.63. The number of hydrogen-bond donors (Lipinski definition) is 1. The topological polar surface area (TPSA) is 33.7 Å². The van der Waals surface area contributed by atoms with Crippen LogP contribution in [0.25, 0.3) is 0 Å². The first-order valence-corrected chi connectivity index (χ1v) is 9.43. The zero-order valence-corrected chi connectivity index (χ0v) is 15.0. The maximum atomic E-state index is 6.03. The minimum absolute atomic E-state index is 0.235. The molecule has 4 rings (SSSR count). The summed E-state index contributed by atoms with van der Waals surface area (Å²) in [6.45, 7) is 10.2. The highest BCUT2D eigenvalue weighted by atomic mass is 16.5. The molecule has 4 heteroatoms. The fraction of sp³-hybridized carbons (Fsp3) is 0.700. The molecule has 0 spiro atoms. The zero-order chi connectivity index (χ0) is 16.6. The van der Waals surface area contributed by atoms with E-state index in [0.717, 1.165) is 39.5 Å². The minimum Gasteiger partial charge on any atom is -0.378 e. The molecule has 3 aliphatic rings. The Morgan fingerprint density at radius 2 is 1.96 bits per heavy atom. The lowest BCUT2D eigenvalue weighted by Crippen LogP contribution is -2.69. The van der Waals surface area contributed by atoms with Crippen LogP contribution < -0.4 is 10.2 Å². The molecule has 132 valence electrons. The summed E-state index contributed by atoms with van der Waals surface area (Å²) in [5.41, 5.74) is 3.00. The number of para-hydroxylation sites is 1. The Hall–Kier alpha value is -1.10. The Kier molecular flexibility index (Phi) is 4.54. The van der Waals surface area contributed by atoms with Gasteiger partial charge in [0.2, 0.25) is 0 Å². The first-order chi connectivity index (χ1) is 11.7. The van der Waals surface area contributed by atoms with Gasteiger partial charge in [-0.1, -0.05) is 32.0 Å². The maximum Gasteiger partial charge on any atom is 0.0684 e. The average molecular weight is 330 g/mol. The molecule has 1 aliphatic carbocycles. The number of morpholine rings is 1. The Balaban J connectivity index is 1.44. The fourth-order valence-corrected chi connectivity index (χ4v) is 4.93. The monoisotopic (exact) mass is 330 g/mol. The number of hydrogen-bond acceptors (Lipinski definition) is 4. The molecular formula is C20H30N2O2. The van der Waals surface area contributed by atoms with Crippen LogP contribution in [0.15, 0.2) is 24.3 Å². The van der Waals surface area contributed by atoms with Crippen molar-refractivity contribution < 1.29 is 9.47 Å². The van der Waals surface area contributed by atoms with Gasteiger partial charge in [0.25, 0.3) is 0 Å². The Morgan fingerprint density at radius 1 is 1.17 bits per heavy atom. The zero-order valence-electron chi connectivity index (χ0n) is 15.0. The second-order valence-electron chi connectivity index (χ2n) is 8.01. The molecule has 4 nitrogen and oxygen atoms in total. The highest BCUT2D eigenvalue weighted by Crippen LogP contribution is 2.51. The van der Waals surface area contributed by atoms with Crippen molar-refractivity contribution in [3.63, 3.8) is 0 Å². The summed E-state index contributed by atoms with van der Waals surface area (Å²) in [5.74, 6) is 0.685. The molecule has 0 bridgehead atoms. The first kappa shape index (κ1) is 16.4. The normalized spacial score (nSPS) is 32.1. The van der Waals surface area contributed by atoms with Crippen LogP contribution in [-0.2, 0) is 16.0 Å². The van der Waals surface area contributed by atoms with E-state index in [2.05, 4.69) is 48.3 Å². The van der Waals surface area contributed by atoms with Crippen molar-refractivity contribution in [1.82, 2.24) is 5.32 Å². The molecule has 2 saturated heterocycles. The lowest BCUT2D eigenvalue weighted by Gasteiger charge is -2.60. The Labute approximate surface area is 145 Å². The lowest BCUT2D eigenvalue weighted by molar-refractivity contribution is -0.192. The van der Waals surface area contributed by atoms with Crippen molar-refractivity contribution in [3.8, 4) is 0 Å². The number of ether oxygens (including phenoxy) is 2. The van der Waals surface area contributed by atoms with E-state index < -0.39 is 0 Å². The molecule has 3 unspecified atom stereocenters. The Morgan fingerprint density at radius 3 is 2.79 bits per heavy atom. The fourth-order valence-electron chi connectivity index (χ4n) is 4.93. The molecule has 1 aromatic rings. The predicted molar refractivity (Wildman–Crippen MR) is 96.3 cm³/mol. The van der Waals surface area contributed by atoms with Crippen LogP contribution in [0, 0.1) is 11.3 Å². The molecule has 0 radical (unpaired) electrons. The van der Waals surface area contributed by atoms with E-state index in [-0.39, 0.29) is 5.41 Å². The highest BCUT2D eigenvalue weighted by Gasteiger charge is 2.57. The summed E-state index contributed by atoms with van der Waals surface area (Å²) >= 11 is 0. The molecule has 2 heterocycles. The number of rotatable bonds is 4. The smallest absolute Gasteiger partial charge is 0.0684 e. The van der Waals surface area contributed by atoms with Crippen molar-refractivity contribution in [2.75, 3.05) is 37.8 Å². The maximum absolute atomic E-state index is 6.03. The van der Waals surface area contributed by atoms with Crippen LogP contribution in [-0.4, -0.2) is 45.1 Å². The highest BCUT2D eigenvalue weighted by molar-refractivity contribution is 5.54. The summed E-state index contributed by atoms with van der Waals surface area (Å²) in [4.78, 5) is 2.46. The van der Waals surface area contributed by atoms with E-state index >= 15 is 0 Å². The van der Waals surface area contributed by atoms with Gasteiger partial charge in [0.05, 0.1) is 19.3 Å². The van der Waals surface area contributed by atoms with Crippen LogP contribution in [0.4, 0.5) is 5.69 Å². The molecule has 24 heavy (non-hydrogen) atoms. The predicted octanol–water partition coefficient (Wildman–Crippen LogP) is 2.82. The second-order valence-corrected chi connectivity index (χ2v) is 8.01. The first-order valence-electron chi connectivity index (χ1n) is 9.43. The molecule has 1 saturated carbocycles. The molecular weight excluding hydrogens is 300 g/mol. The third-order valence-electron chi connectivity index (χ3n) is 6.19. The molecule has 0 amide bonds. The summed E-state index contributed by atoms with van der Waals surface area (Å²) in [7, 11) is 0. The van der Waals surface area contributed by atoms with Gasteiger partial charge in [-0.3, -0.25) is 0 Å². The van der Waals surface area contributed by atoms with Crippen LogP contribution >= 0.6 is 0 Å². The van der Waals surface area contributed by atoms with E-state index in [1.54, 1.807) is 0 Å². The van der Waals surface area contributed by atoms with Crippen molar-refractivity contribution >= 4 is 5.69 Å². The molecule has 1 aromatic carbocycles. The number of fused-ring (bicyclic) bond motifs is 1.